The molecule has 0 saturated carbocycles. The Hall–Kier alpha value is -1.94. The molecule has 0 aromatic heterocycles. The molecular formula is C82H160O17P2. The Labute approximate surface area is 619 Å². The quantitative estimate of drug-likeness (QED) is 0.0222. The predicted octanol–water partition coefficient (Wildman–Crippen LogP) is 24.5. The topological polar surface area (TPSA) is 237 Å². The van der Waals surface area contributed by atoms with E-state index in [4.69, 9.17) is 37.0 Å². The molecule has 0 aliphatic rings. The van der Waals surface area contributed by atoms with E-state index >= 15 is 0 Å². The minimum Gasteiger partial charge on any atom is -0.462 e. The van der Waals surface area contributed by atoms with Gasteiger partial charge in [0.15, 0.2) is 12.2 Å². The Bertz CT molecular complexity index is 1960. The van der Waals surface area contributed by atoms with E-state index in [1.165, 1.54) is 238 Å². The highest BCUT2D eigenvalue weighted by Gasteiger charge is 2.30. The highest BCUT2D eigenvalue weighted by molar-refractivity contribution is 7.47. The number of rotatable bonds is 80. The van der Waals surface area contributed by atoms with Crippen LogP contribution >= 0.6 is 15.6 Å². The predicted molar refractivity (Wildman–Crippen MR) is 414 cm³/mol. The monoisotopic (exact) mass is 1480 g/mol. The van der Waals surface area contributed by atoms with Crippen molar-refractivity contribution >= 4 is 39.5 Å². The molecule has 0 bridgehead atoms. The molecule has 0 heterocycles. The minimum absolute atomic E-state index is 0.106. The summed E-state index contributed by atoms with van der Waals surface area (Å²) < 4.78 is 68.7. The molecule has 0 aliphatic carbocycles. The first-order chi connectivity index (χ1) is 48.8. The van der Waals surface area contributed by atoms with Crippen molar-refractivity contribution in [1.82, 2.24) is 0 Å². The van der Waals surface area contributed by atoms with Gasteiger partial charge in [-0.15, -0.1) is 0 Å². The molecule has 101 heavy (non-hydrogen) atoms. The van der Waals surface area contributed by atoms with Crippen molar-refractivity contribution in [3.63, 3.8) is 0 Å². The number of carbonyl (C=O) groups is 4. The van der Waals surface area contributed by atoms with E-state index in [1.807, 2.05) is 0 Å². The number of aliphatic hydroxyl groups is 1. The summed E-state index contributed by atoms with van der Waals surface area (Å²) in [5, 5.41) is 10.6. The van der Waals surface area contributed by atoms with Gasteiger partial charge in [0, 0.05) is 25.7 Å². The first kappa shape index (κ1) is 99.1. The van der Waals surface area contributed by atoms with E-state index in [1.54, 1.807) is 0 Å². The Kier molecular flexibility index (Phi) is 70.9. The molecule has 0 aliphatic heterocycles. The van der Waals surface area contributed by atoms with Crippen molar-refractivity contribution in [2.24, 2.45) is 17.8 Å². The lowest BCUT2D eigenvalue weighted by Gasteiger charge is -2.21. The molecule has 0 spiro atoms. The van der Waals surface area contributed by atoms with Gasteiger partial charge in [-0.3, -0.25) is 37.3 Å². The molecule has 0 saturated heterocycles. The van der Waals surface area contributed by atoms with Gasteiger partial charge in [-0.2, -0.15) is 0 Å². The van der Waals surface area contributed by atoms with E-state index in [9.17, 15) is 43.2 Å². The molecule has 3 N–H and O–H groups in total. The molecule has 19 heteroatoms. The number of phosphoric ester groups is 2. The van der Waals surface area contributed by atoms with Crippen LogP contribution in [0.15, 0.2) is 0 Å². The second kappa shape index (κ2) is 72.3. The van der Waals surface area contributed by atoms with Crippen LogP contribution in [0.25, 0.3) is 0 Å². The Morgan fingerprint density at radius 3 is 0.752 bits per heavy atom. The lowest BCUT2D eigenvalue weighted by molar-refractivity contribution is -0.161. The van der Waals surface area contributed by atoms with Crippen LogP contribution in [0.1, 0.15) is 427 Å². The molecule has 7 atom stereocenters. The van der Waals surface area contributed by atoms with Crippen molar-refractivity contribution in [2.75, 3.05) is 39.6 Å². The third-order valence-electron chi connectivity index (χ3n) is 19.9. The lowest BCUT2D eigenvalue weighted by Crippen LogP contribution is -2.30. The molecule has 0 aromatic carbocycles. The van der Waals surface area contributed by atoms with Gasteiger partial charge >= 0.3 is 39.5 Å². The maximum Gasteiger partial charge on any atom is 0.472 e. The molecule has 0 aromatic rings. The summed E-state index contributed by atoms with van der Waals surface area (Å²) in [5.41, 5.74) is 0. The maximum atomic E-state index is 13.1. The van der Waals surface area contributed by atoms with Gasteiger partial charge in [-0.05, 0) is 43.4 Å². The zero-order valence-corrected chi connectivity index (χ0v) is 68.2. The van der Waals surface area contributed by atoms with Gasteiger partial charge in [-0.25, -0.2) is 9.13 Å². The SMILES string of the molecule is CCCCCCCCCCCCCC(=O)OC[C@H](COP(=O)(O)OC[C@H](O)COP(=O)(O)OC[C@@H](COC(=O)CCCCCCCCCCCCCC(C)C)OC(=O)CCCCCCCCCCCCCCCCCCCCC(C)CC)OC(=O)CCCCCCCCCCCCC(C)CC. The standard InChI is InChI=1S/C82H160O17P2/c1-8-11-12-13-14-15-25-35-42-49-56-63-79(84)92-69-78(99-82(87)66-59-52-45-38-31-30-34-41-48-55-62-75(7)10-3)72-97-101(90,91)95-68-76(83)67-94-100(88,89)96-71-77(70-93-80(85)64-57-50-43-36-29-24-26-32-39-46-53-60-73(4)5)98-81(86)65-58-51-44-37-28-23-21-19-17-16-18-20-22-27-33-40-47-54-61-74(6)9-2/h73-78,83H,8-72H2,1-7H3,(H,88,89)(H,90,91)/t74?,75?,76-,77-,78-/m1/s1. The van der Waals surface area contributed by atoms with Crippen molar-refractivity contribution < 1.29 is 80.2 Å². The molecule has 0 fully saturated rings. The summed E-state index contributed by atoms with van der Waals surface area (Å²) in [7, 11) is -9.92. The molecule has 4 unspecified atom stereocenters. The van der Waals surface area contributed by atoms with Gasteiger partial charge in [0.1, 0.15) is 19.3 Å². The largest absolute Gasteiger partial charge is 0.472 e. The third kappa shape index (κ3) is 73.4. The second-order valence-corrected chi connectivity index (χ2v) is 33.4. The van der Waals surface area contributed by atoms with E-state index in [0.29, 0.717) is 25.7 Å². The van der Waals surface area contributed by atoms with Gasteiger partial charge in [0.2, 0.25) is 0 Å². The van der Waals surface area contributed by atoms with Gasteiger partial charge < -0.3 is 33.8 Å². The normalized spacial score (nSPS) is 14.5. The maximum absolute atomic E-state index is 13.1. The van der Waals surface area contributed by atoms with Gasteiger partial charge in [0.05, 0.1) is 26.4 Å². The fourth-order valence-electron chi connectivity index (χ4n) is 12.6. The van der Waals surface area contributed by atoms with Crippen LogP contribution in [0.2, 0.25) is 0 Å². The lowest BCUT2D eigenvalue weighted by atomic mass is 9.99. The van der Waals surface area contributed by atoms with Crippen LogP contribution in [-0.4, -0.2) is 96.7 Å². The number of hydrogen-bond donors (Lipinski definition) is 3. The van der Waals surface area contributed by atoms with Gasteiger partial charge in [-0.1, -0.05) is 376 Å². The van der Waals surface area contributed by atoms with Crippen LogP contribution in [0.5, 0.6) is 0 Å². The first-order valence-electron chi connectivity index (χ1n) is 42.4. The number of ether oxygens (including phenoxy) is 4. The van der Waals surface area contributed by atoms with Crippen LogP contribution in [0, 0.1) is 17.8 Å². The van der Waals surface area contributed by atoms with E-state index in [0.717, 1.165) is 108 Å². The van der Waals surface area contributed by atoms with Gasteiger partial charge in [0.25, 0.3) is 0 Å². The highest BCUT2D eigenvalue weighted by atomic mass is 31.2. The zero-order valence-electron chi connectivity index (χ0n) is 66.4. The molecule has 0 rings (SSSR count). The Morgan fingerprint density at radius 2 is 0.505 bits per heavy atom. The average Bonchev–Trinajstić information content (AvgIpc) is 0.970. The number of phosphoric acid groups is 2. The molecular weight excluding hydrogens is 1320 g/mol. The smallest absolute Gasteiger partial charge is 0.462 e. The number of hydrogen-bond acceptors (Lipinski definition) is 15. The van der Waals surface area contributed by atoms with Crippen LogP contribution in [-0.2, 0) is 65.4 Å². The Balaban J connectivity index is 5.22. The summed E-state index contributed by atoms with van der Waals surface area (Å²) in [4.78, 5) is 73.0. The number of unbranched alkanes of at least 4 members (excludes halogenated alkanes) is 46. The van der Waals surface area contributed by atoms with Crippen molar-refractivity contribution in [1.29, 1.82) is 0 Å². The number of aliphatic hydroxyl groups excluding tert-OH is 1. The highest BCUT2D eigenvalue weighted by Crippen LogP contribution is 2.45. The Morgan fingerprint density at radius 1 is 0.287 bits per heavy atom. The zero-order chi connectivity index (χ0) is 74.4. The van der Waals surface area contributed by atoms with E-state index < -0.39 is 97.5 Å². The van der Waals surface area contributed by atoms with E-state index in [2.05, 4.69) is 48.5 Å². The van der Waals surface area contributed by atoms with Crippen LogP contribution in [0.3, 0.4) is 0 Å². The van der Waals surface area contributed by atoms with Crippen molar-refractivity contribution in [3.8, 4) is 0 Å². The second-order valence-electron chi connectivity index (χ2n) is 30.5. The van der Waals surface area contributed by atoms with E-state index in [-0.39, 0.29) is 25.7 Å². The number of esters is 4. The summed E-state index contributed by atoms with van der Waals surface area (Å²) in [5.74, 6) is 0.336. The summed E-state index contributed by atoms with van der Waals surface area (Å²) in [6.07, 6.45) is 60.9. The van der Waals surface area contributed by atoms with Crippen molar-refractivity contribution in [2.45, 2.75) is 446 Å². The first-order valence-corrected chi connectivity index (χ1v) is 45.4. The molecule has 600 valence electrons. The molecule has 0 radical (unpaired) electrons. The fourth-order valence-corrected chi connectivity index (χ4v) is 14.2. The minimum atomic E-state index is -4.96. The molecule has 0 amide bonds. The third-order valence-corrected chi connectivity index (χ3v) is 21.8. The van der Waals surface area contributed by atoms with Crippen molar-refractivity contribution in [3.05, 3.63) is 0 Å². The summed E-state index contributed by atoms with van der Waals surface area (Å²) in [6.45, 7) is 12.0. The number of carbonyl (C=O) groups excluding carboxylic acids is 4. The summed E-state index contributed by atoms with van der Waals surface area (Å²) >= 11 is 0. The average molecular weight is 1480 g/mol. The molecule has 17 nitrogen and oxygen atoms in total. The van der Waals surface area contributed by atoms with Crippen LogP contribution < -0.4 is 0 Å². The fraction of sp³-hybridized carbons (Fsp3) is 0.951. The summed E-state index contributed by atoms with van der Waals surface area (Å²) in [6, 6.07) is 0. The van der Waals surface area contributed by atoms with Crippen LogP contribution in [0.4, 0.5) is 0 Å².